The fraction of sp³-hybridized carbons (Fsp3) is 0.474. The van der Waals surface area contributed by atoms with Gasteiger partial charge in [-0.3, -0.25) is 4.79 Å². The van der Waals surface area contributed by atoms with E-state index in [0.29, 0.717) is 23.7 Å². The van der Waals surface area contributed by atoms with Gasteiger partial charge in [-0.1, -0.05) is 25.4 Å². The van der Waals surface area contributed by atoms with Crippen molar-refractivity contribution in [1.82, 2.24) is 14.7 Å². The van der Waals surface area contributed by atoms with Gasteiger partial charge in [0.1, 0.15) is 0 Å². The molecule has 1 saturated heterocycles. The summed E-state index contributed by atoms with van der Waals surface area (Å²) in [5.74, 6) is 0.180. The van der Waals surface area contributed by atoms with Crippen LogP contribution in [0.1, 0.15) is 49.7 Å². The van der Waals surface area contributed by atoms with E-state index in [1.165, 1.54) is 0 Å². The minimum Gasteiger partial charge on any atom is -0.372 e. The second kappa shape index (κ2) is 7.18. The topological polar surface area (TPSA) is 47.4 Å². The second-order valence-electron chi connectivity index (χ2n) is 6.95. The minimum atomic E-state index is 0.0194. The molecule has 3 rings (SSSR count). The van der Waals surface area contributed by atoms with E-state index >= 15 is 0 Å². The molecule has 2 heterocycles. The number of hydrogen-bond donors (Lipinski definition) is 0. The Bertz CT molecular complexity index is 745. The monoisotopic (exact) mass is 361 g/mol. The number of hydrogen-bond acceptors (Lipinski definition) is 3. The summed E-state index contributed by atoms with van der Waals surface area (Å²) in [5, 5.41) is 5.16. The van der Waals surface area contributed by atoms with E-state index in [1.54, 1.807) is 6.20 Å². The number of carbonyl (C=O) groups is 1. The molecular weight excluding hydrogens is 338 g/mol. The van der Waals surface area contributed by atoms with E-state index in [4.69, 9.17) is 16.3 Å². The molecular formula is C19H24ClN3O2. The number of ether oxygens (including phenoxy) is 1. The molecule has 25 heavy (non-hydrogen) atoms. The lowest BCUT2D eigenvalue weighted by Crippen LogP contribution is -2.48. The summed E-state index contributed by atoms with van der Waals surface area (Å²) in [6, 6.07) is 7.48. The number of carbonyl (C=O) groups excluding carboxylic acids is 1. The lowest BCUT2D eigenvalue weighted by Gasteiger charge is -2.35. The van der Waals surface area contributed by atoms with E-state index in [0.717, 1.165) is 11.4 Å². The van der Waals surface area contributed by atoms with Crippen molar-refractivity contribution in [2.24, 2.45) is 0 Å². The van der Waals surface area contributed by atoms with Gasteiger partial charge in [-0.05, 0) is 44.0 Å². The zero-order valence-corrected chi connectivity index (χ0v) is 15.8. The van der Waals surface area contributed by atoms with Gasteiger partial charge in [0.15, 0.2) is 0 Å². The molecule has 6 heteroatoms. The van der Waals surface area contributed by atoms with E-state index in [1.807, 2.05) is 47.7 Å². The Morgan fingerprint density at radius 2 is 1.80 bits per heavy atom. The molecule has 0 aliphatic carbocycles. The van der Waals surface area contributed by atoms with Gasteiger partial charge < -0.3 is 9.64 Å². The van der Waals surface area contributed by atoms with Crippen LogP contribution in [0.4, 0.5) is 0 Å². The standard InChI is InChI=1S/C19H24ClN3O2/c1-12(2)18-17(19(24)22-10-13(3)25-14(4)11-22)9-21-23(18)16-7-5-15(20)6-8-16/h5-9,12-14H,10-11H2,1-4H3. The van der Waals surface area contributed by atoms with Crippen molar-refractivity contribution in [3.8, 4) is 5.69 Å². The van der Waals surface area contributed by atoms with Crippen molar-refractivity contribution in [3.63, 3.8) is 0 Å². The number of aromatic nitrogens is 2. The highest BCUT2D eigenvalue weighted by Gasteiger charge is 2.30. The fourth-order valence-electron chi connectivity index (χ4n) is 3.38. The summed E-state index contributed by atoms with van der Waals surface area (Å²) in [5.41, 5.74) is 2.47. The normalized spacial score (nSPS) is 21.0. The first-order valence-electron chi connectivity index (χ1n) is 8.65. The molecule has 0 radical (unpaired) electrons. The predicted molar refractivity (Wildman–Crippen MR) is 98.6 cm³/mol. The molecule has 2 aromatic rings. The van der Waals surface area contributed by atoms with Gasteiger partial charge in [0.2, 0.25) is 0 Å². The molecule has 0 bridgehead atoms. The first kappa shape index (κ1) is 18.0. The van der Waals surface area contributed by atoms with Gasteiger partial charge in [0.25, 0.3) is 5.91 Å². The molecule has 2 atom stereocenters. The van der Waals surface area contributed by atoms with E-state index in [2.05, 4.69) is 18.9 Å². The molecule has 0 saturated carbocycles. The maximum absolute atomic E-state index is 13.1. The smallest absolute Gasteiger partial charge is 0.257 e. The summed E-state index contributed by atoms with van der Waals surface area (Å²) in [4.78, 5) is 15.0. The van der Waals surface area contributed by atoms with Gasteiger partial charge in [-0.2, -0.15) is 5.10 Å². The third kappa shape index (κ3) is 3.72. The minimum absolute atomic E-state index is 0.0194. The summed E-state index contributed by atoms with van der Waals surface area (Å²) in [6.07, 6.45) is 1.76. The highest BCUT2D eigenvalue weighted by Crippen LogP contribution is 2.26. The summed E-state index contributed by atoms with van der Waals surface area (Å²) < 4.78 is 7.57. The Hall–Kier alpha value is -1.85. The van der Waals surface area contributed by atoms with Crippen LogP contribution in [0.15, 0.2) is 30.5 Å². The van der Waals surface area contributed by atoms with Gasteiger partial charge in [-0.15, -0.1) is 0 Å². The molecule has 1 aliphatic heterocycles. The van der Waals surface area contributed by atoms with Crippen LogP contribution in [-0.2, 0) is 4.74 Å². The Morgan fingerprint density at radius 3 is 2.36 bits per heavy atom. The van der Waals surface area contributed by atoms with Gasteiger partial charge in [0, 0.05) is 18.1 Å². The van der Waals surface area contributed by atoms with Crippen LogP contribution < -0.4 is 0 Å². The van der Waals surface area contributed by atoms with Crippen LogP contribution in [0, 0.1) is 0 Å². The Labute approximate surface area is 153 Å². The molecule has 134 valence electrons. The first-order valence-corrected chi connectivity index (χ1v) is 9.03. The highest BCUT2D eigenvalue weighted by molar-refractivity contribution is 6.30. The third-order valence-electron chi connectivity index (χ3n) is 4.36. The number of halogens is 1. The molecule has 0 spiro atoms. The fourth-order valence-corrected chi connectivity index (χ4v) is 3.51. The molecule has 1 aliphatic rings. The van der Waals surface area contributed by atoms with Crippen molar-refractivity contribution in [1.29, 1.82) is 0 Å². The summed E-state index contributed by atoms with van der Waals surface area (Å²) >= 11 is 5.98. The van der Waals surface area contributed by atoms with Gasteiger partial charge >= 0.3 is 0 Å². The van der Waals surface area contributed by atoms with Crippen molar-refractivity contribution in [3.05, 3.63) is 46.7 Å². The Balaban J connectivity index is 1.96. The quantitative estimate of drug-likeness (QED) is 0.833. The van der Waals surface area contributed by atoms with Gasteiger partial charge in [-0.25, -0.2) is 4.68 Å². The van der Waals surface area contributed by atoms with E-state index in [9.17, 15) is 4.79 Å². The highest BCUT2D eigenvalue weighted by atomic mass is 35.5. The van der Waals surface area contributed by atoms with E-state index < -0.39 is 0 Å². The lowest BCUT2D eigenvalue weighted by atomic mass is 10.0. The van der Waals surface area contributed by atoms with Crippen LogP contribution in [-0.4, -0.2) is 45.9 Å². The molecule has 5 nitrogen and oxygen atoms in total. The summed E-state index contributed by atoms with van der Waals surface area (Å²) in [7, 11) is 0. The van der Waals surface area contributed by atoms with Crippen LogP contribution >= 0.6 is 11.6 Å². The SMILES string of the molecule is CC1CN(C(=O)c2cnn(-c3ccc(Cl)cc3)c2C(C)C)CC(C)O1. The lowest BCUT2D eigenvalue weighted by molar-refractivity contribution is -0.0586. The van der Waals surface area contributed by atoms with E-state index in [-0.39, 0.29) is 24.0 Å². The Morgan fingerprint density at radius 1 is 1.20 bits per heavy atom. The van der Waals surface area contributed by atoms with Crippen molar-refractivity contribution < 1.29 is 9.53 Å². The molecule has 1 fully saturated rings. The maximum Gasteiger partial charge on any atom is 0.257 e. The molecule has 0 N–H and O–H groups in total. The zero-order valence-electron chi connectivity index (χ0n) is 15.1. The predicted octanol–water partition coefficient (Wildman–Crippen LogP) is 3.90. The first-order chi connectivity index (χ1) is 11.9. The Kier molecular flexibility index (Phi) is 5.16. The average molecular weight is 362 g/mol. The molecule has 1 amide bonds. The third-order valence-corrected chi connectivity index (χ3v) is 4.61. The van der Waals surface area contributed by atoms with Crippen molar-refractivity contribution >= 4 is 17.5 Å². The largest absolute Gasteiger partial charge is 0.372 e. The maximum atomic E-state index is 13.1. The second-order valence-corrected chi connectivity index (χ2v) is 7.39. The number of morpholine rings is 1. The number of amides is 1. The van der Waals surface area contributed by atoms with Crippen LogP contribution in [0.5, 0.6) is 0 Å². The average Bonchev–Trinajstić information content (AvgIpc) is 2.99. The number of benzene rings is 1. The number of rotatable bonds is 3. The zero-order chi connectivity index (χ0) is 18.1. The van der Waals surface area contributed by atoms with Crippen LogP contribution in [0.25, 0.3) is 5.69 Å². The van der Waals surface area contributed by atoms with Crippen LogP contribution in [0.2, 0.25) is 5.02 Å². The summed E-state index contributed by atoms with van der Waals surface area (Å²) in [6.45, 7) is 9.35. The molecule has 1 aromatic heterocycles. The van der Waals surface area contributed by atoms with Crippen molar-refractivity contribution in [2.45, 2.75) is 45.8 Å². The van der Waals surface area contributed by atoms with Crippen LogP contribution in [0.3, 0.4) is 0 Å². The molecule has 1 aromatic carbocycles. The van der Waals surface area contributed by atoms with Gasteiger partial charge in [0.05, 0.1) is 35.3 Å². The molecule has 2 unspecified atom stereocenters. The van der Waals surface area contributed by atoms with Crippen molar-refractivity contribution in [2.75, 3.05) is 13.1 Å². The number of nitrogens with zero attached hydrogens (tertiary/aromatic N) is 3.